The summed E-state index contributed by atoms with van der Waals surface area (Å²) in [6.45, 7) is 1.91. The predicted octanol–water partition coefficient (Wildman–Crippen LogP) is 7.51. The van der Waals surface area contributed by atoms with E-state index >= 15 is 0 Å². The first-order chi connectivity index (χ1) is 19.2. The van der Waals surface area contributed by atoms with Gasteiger partial charge in [0.25, 0.3) is 10.0 Å². The number of benzene rings is 4. The van der Waals surface area contributed by atoms with Gasteiger partial charge >= 0.3 is 0 Å². The molecule has 0 saturated carbocycles. The second kappa shape index (κ2) is 11.5. The normalized spacial score (nSPS) is 12.2. The van der Waals surface area contributed by atoms with E-state index in [1.54, 1.807) is 54.8 Å². The number of halogens is 1. The molecule has 0 fully saturated rings. The molecule has 0 saturated heterocycles. The Morgan fingerprint density at radius 3 is 2.17 bits per heavy atom. The summed E-state index contributed by atoms with van der Waals surface area (Å²) in [7, 11) is -1.88. The Hall–Kier alpha value is -4.20. The van der Waals surface area contributed by atoms with Crippen molar-refractivity contribution < 1.29 is 13.2 Å². The highest BCUT2D eigenvalue weighted by Gasteiger charge is 2.20. The van der Waals surface area contributed by atoms with Gasteiger partial charge < -0.3 is 4.57 Å². The van der Waals surface area contributed by atoms with E-state index in [4.69, 9.17) is 0 Å². The molecule has 4 aromatic carbocycles. The van der Waals surface area contributed by atoms with Gasteiger partial charge in [-0.25, -0.2) is 8.42 Å². The third kappa shape index (κ3) is 5.71. The number of rotatable bonds is 8. The molecule has 0 aliphatic heterocycles. The number of hydrogen-bond acceptors (Lipinski definition) is 3. The largest absolute Gasteiger partial charge is 0.344 e. The van der Waals surface area contributed by atoms with Crippen LogP contribution >= 0.6 is 15.9 Å². The van der Waals surface area contributed by atoms with Crippen molar-refractivity contribution in [3.05, 3.63) is 148 Å². The van der Waals surface area contributed by atoms with E-state index in [1.807, 2.05) is 85.3 Å². The zero-order valence-corrected chi connectivity index (χ0v) is 24.4. The molecular formula is C33H27BrN2O3S. The van der Waals surface area contributed by atoms with Crippen molar-refractivity contribution in [2.75, 3.05) is 0 Å². The van der Waals surface area contributed by atoms with Crippen molar-refractivity contribution in [1.29, 1.82) is 0 Å². The van der Waals surface area contributed by atoms with Crippen LogP contribution in [-0.2, 0) is 17.1 Å². The van der Waals surface area contributed by atoms with Crippen LogP contribution in [0.5, 0.6) is 0 Å². The number of carbonyl (C=O) groups is 1. The van der Waals surface area contributed by atoms with Gasteiger partial charge in [-0.2, -0.15) is 0 Å². The molecule has 0 aliphatic carbocycles. The van der Waals surface area contributed by atoms with E-state index in [2.05, 4.69) is 20.7 Å². The highest BCUT2D eigenvalue weighted by Crippen LogP contribution is 2.35. The molecule has 1 N–H and O–H groups in total. The third-order valence-electron chi connectivity index (χ3n) is 6.72. The van der Waals surface area contributed by atoms with Gasteiger partial charge in [-0.3, -0.25) is 9.52 Å². The molecule has 40 heavy (non-hydrogen) atoms. The van der Waals surface area contributed by atoms with Crippen molar-refractivity contribution in [2.24, 2.45) is 7.05 Å². The van der Waals surface area contributed by atoms with Crippen molar-refractivity contribution in [3.63, 3.8) is 0 Å². The minimum atomic E-state index is -3.82. The van der Waals surface area contributed by atoms with E-state index in [0.717, 1.165) is 37.8 Å². The lowest BCUT2D eigenvalue weighted by Crippen LogP contribution is -2.18. The Bertz CT molecular complexity index is 1850. The SMILES string of the molecule is Cc1ccc(S(=O)(=O)NC=C(c2ccccc2)c2c(/C=C/C(=O)c3ccc(Br)cc3)n(C)c3ccccc23)cc1. The highest BCUT2D eigenvalue weighted by atomic mass is 79.9. The van der Waals surface area contributed by atoms with Crippen LogP contribution in [0.2, 0.25) is 0 Å². The molecule has 0 aliphatic rings. The summed E-state index contributed by atoms with van der Waals surface area (Å²) < 4.78 is 32.1. The van der Waals surface area contributed by atoms with Gasteiger partial charge in [0.05, 0.1) is 4.90 Å². The topological polar surface area (TPSA) is 68.2 Å². The van der Waals surface area contributed by atoms with Crippen LogP contribution in [0.15, 0.2) is 125 Å². The fourth-order valence-corrected chi connectivity index (χ4v) is 5.76. The van der Waals surface area contributed by atoms with Crippen LogP contribution in [0.4, 0.5) is 0 Å². The molecule has 0 unspecified atom stereocenters. The maximum atomic E-state index is 13.2. The molecule has 1 aromatic heterocycles. The number of allylic oxidation sites excluding steroid dienone is 1. The standard InChI is InChI=1S/C33H27BrN2O3S/c1-23-12-18-27(19-13-23)40(38,39)35-22-29(24-8-4-3-5-9-24)33-28-10-6-7-11-30(28)36(2)31(33)20-21-32(37)25-14-16-26(34)17-15-25/h3-22,35H,1-2H3/b21-20+,29-22?. The second-order valence-corrected chi connectivity index (χ2v) is 12.0. The van der Waals surface area contributed by atoms with E-state index in [1.165, 1.54) is 0 Å². The fourth-order valence-electron chi connectivity index (χ4n) is 4.60. The number of aromatic nitrogens is 1. The highest BCUT2D eigenvalue weighted by molar-refractivity contribution is 9.10. The van der Waals surface area contributed by atoms with Gasteiger partial charge in [0, 0.05) is 51.0 Å². The molecule has 5 aromatic rings. The summed E-state index contributed by atoms with van der Waals surface area (Å²) >= 11 is 3.41. The van der Waals surface area contributed by atoms with Gasteiger partial charge in [-0.05, 0) is 67.1 Å². The molecule has 7 heteroatoms. The summed E-state index contributed by atoms with van der Waals surface area (Å²) in [6, 6.07) is 31.5. The van der Waals surface area contributed by atoms with Gasteiger partial charge in [-0.1, -0.05) is 82.2 Å². The smallest absolute Gasteiger partial charge is 0.261 e. The Labute approximate surface area is 242 Å². The van der Waals surface area contributed by atoms with Crippen LogP contribution in [0, 0.1) is 6.92 Å². The first-order valence-corrected chi connectivity index (χ1v) is 14.9. The van der Waals surface area contributed by atoms with Crippen LogP contribution in [0.3, 0.4) is 0 Å². The number of nitrogens with zero attached hydrogens (tertiary/aromatic N) is 1. The maximum absolute atomic E-state index is 13.2. The molecule has 0 amide bonds. The lowest BCUT2D eigenvalue weighted by atomic mass is 9.95. The van der Waals surface area contributed by atoms with Crippen LogP contribution in [-0.4, -0.2) is 18.8 Å². The van der Waals surface area contributed by atoms with E-state index < -0.39 is 10.0 Å². The molecule has 0 bridgehead atoms. The van der Waals surface area contributed by atoms with Gasteiger partial charge in [0.15, 0.2) is 5.78 Å². The quantitative estimate of drug-likeness (QED) is 0.146. The number of fused-ring (bicyclic) bond motifs is 1. The maximum Gasteiger partial charge on any atom is 0.261 e. The fraction of sp³-hybridized carbons (Fsp3) is 0.0606. The van der Waals surface area contributed by atoms with Crippen molar-refractivity contribution >= 4 is 54.3 Å². The minimum absolute atomic E-state index is 0.131. The summed E-state index contributed by atoms with van der Waals surface area (Å²) in [4.78, 5) is 13.2. The molecule has 0 atom stereocenters. The summed E-state index contributed by atoms with van der Waals surface area (Å²) in [5, 5.41) is 0.936. The number of para-hydroxylation sites is 1. The monoisotopic (exact) mass is 610 g/mol. The number of ketones is 1. The number of aryl methyl sites for hydroxylation is 2. The summed E-state index contributed by atoms with van der Waals surface area (Å²) in [5.41, 5.74) is 5.61. The van der Waals surface area contributed by atoms with Gasteiger partial charge in [-0.15, -0.1) is 0 Å². The zero-order chi connectivity index (χ0) is 28.3. The van der Waals surface area contributed by atoms with Crippen molar-refractivity contribution in [1.82, 2.24) is 9.29 Å². The third-order valence-corrected chi connectivity index (χ3v) is 8.57. The molecule has 1 heterocycles. The molecule has 200 valence electrons. The summed E-state index contributed by atoms with van der Waals surface area (Å²) in [6.07, 6.45) is 4.89. The van der Waals surface area contributed by atoms with E-state index in [9.17, 15) is 13.2 Å². The lowest BCUT2D eigenvalue weighted by molar-refractivity contribution is 0.104. The molecular weight excluding hydrogens is 584 g/mol. The van der Waals surface area contributed by atoms with Gasteiger partial charge in [0.2, 0.25) is 0 Å². The van der Waals surface area contributed by atoms with Crippen LogP contribution < -0.4 is 4.72 Å². The first-order valence-electron chi connectivity index (χ1n) is 12.6. The molecule has 5 nitrogen and oxygen atoms in total. The number of nitrogens with one attached hydrogen (secondary N) is 1. The molecule has 5 rings (SSSR count). The Balaban J connectivity index is 1.66. The van der Waals surface area contributed by atoms with Crippen molar-refractivity contribution in [3.8, 4) is 0 Å². The average Bonchev–Trinajstić information content (AvgIpc) is 3.24. The lowest BCUT2D eigenvalue weighted by Gasteiger charge is -2.12. The minimum Gasteiger partial charge on any atom is -0.344 e. The zero-order valence-electron chi connectivity index (χ0n) is 22.0. The van der Waals surface area contributed by atoms with E-state index in [-0.39, 0.29) is 10.7 Å². The number of sulfonamides is 1. The Kier molecular flexibility index (Phi) is 7.87. The molecule has 0 spiro atoms. The van der Waals surface area contributed by atoms with E-state index in [0.29, 0.717) is 11.1 Å². The van der Waals surface area contributed by atoms with Crippen LogP contribution in [0.25, 0.3) is 22.6 Å². The van der Waals surface area contributed by atoms with Crippen LogP contribution in [0.1, 0.15) is 32.7 Å². The second-order valence-electron chi connectivity index (χ2n) is 9.40. The predicted molar refractivity (Wildman–Crippen MR) is 165 cm³/mol. The number of hydrogen-bond donors (Lipinski definition) is 1. The number of carbonyl (C=O) groups excluding carboxylic acids is 1. The molecule has 0 radical (unpaired) electrons. The van der Waals surface area contributed by atoms with Crippen molar-refractivity contribution in [2.45, 2.75) is 11.8 Å². The Morgan fingerprint density at radius 2 is 1.48 bits per heavy atom. The average molecular weight is 612 g/mol. The first kappa shape index (κ1) is 27.4. The Morgan fingerprint density at radius 1 is 0.825 bits per heavy atom. The summed E-state index contributed by atoms with van der Waals surface area (Å²) in [5.74, 6) is -0.131. The van der Waals surface area contributed by atoms with Gasteiger partial charge in [0.1, 0.15) is 0 Å².